The van der Waals surface area contributed by atoms with Crippen LogP contribution in [0.15, 0.2) is 54.6 Å². The molecule has 2 aromatic rings. The van der Waals surface area contributed by atoms with Crippen LogP contribution in [0.3, 0.4) is 0 Å². The highest BCUT2D eigenvalue weighted by molar-refractivity contribution is 5.87. The van der Waals surface area contributed by atoms with Gasteiger partial charge in [0.2, 0.25) is 5.91 Å². The minimum absolute atomic E-state index is 0.0414. The Labute approximate surface area is 149 Å². The van der Waals surface area contributed by atoms with E-state index in [1.165, 1.54) is 16.7 Å². The van der Waals surface area contributed by atoms with Crippen LogP contribution in [0.5, 0.6) is 0 Å². The smallest absolute Gasteiger partial charge is 0.230 e. The molecular formula is C22H25NO2. The van der Waals surface area contributed by atoms with E-state index in [-0.39, 0.29) is 11.8 Å². The van der Waals surface area contributed by atoms with E-state index in [0.29, 0.717) is 12.5 Å². The molecule has 1 aliphatic heterocycles. The van der Waals surface area contributed by atoms with Gasteiger partial charge in [0.25, 0.3) is 0 Å². The normalized spacial score (nSPS) is 19.8. The van der Waals surface area contributed by atoms with Gasteiger partial charge in [-0.25, -0.2) is 0 Å². The maximum Gasteiger partial charge on any atom is 0.230 e. The SMILES string of the molecule is O=C([C@H]1Cc2ccccc21)N(Cc1ccccc1)CC1CCOCC1. The Balaban J connectivity index is 1.51. The maximum atomic E-state index is 13.3. The summed E-state index contributed by atoms with van der Waals surface area (Å²) in [5, 5.41) is 0. The predicted octanol–water partition coefficient (Wildman–Crippen LogP) is 3.78. The van der Waals surface area contributed by atoms with Crippen LogP contribution in [0, 0.1) is 5.92 Å². The number of ether oxygens (including phenoxy) is 1. The van der Waals surface area contributed by atoms with E-state index in [0.717, 1.165) is 39.0 Å². The molecule has 0 aromatic heterocycles. The highest BCUT2D eigenvalue weighted by Crippen LogP contribution is 2.36. The second-order valence-electron chi connectivity index (χ2n) is 7.22. The number of carbonyl (C=O) groups excluding carboxylic acids is 1. The van der Waals surface area contributed by atoms with Crippen molar-refractivity contribution in [3.05, 3.63) is 71.3 Å². The Morgan fingerprint density at radius 2 is 1.72 bits per heavy atom. The molecule has 3 nitrogen and oxygen atoms in total. The van der Waals surface area contributed by atoms with E-state index in [1.54, 1.807) is 0 Å². The van der Waals surface area contributed by atoms with Gasteiger partial charge in [-0.3, -0.25) is 4.79 Å². The molecule has 1 fully saturated rings. The van der Waals surface area contributed by atoms with Crippen LogP contribution >= 0.6 is 0 Å². The number of hydrogen-bond donors (Lipinski definition) is 0. The van der Waals surface area contributed by atoms with Gasteiger partial charge in [0.15, 0.2) is 0 Å². The Morgan fingerprint density at radius 1 is 1.00 bits per heavy atom. The second-order valence-corrected chi connectivity index (χ2v) is 7.22. The summed E-state index contributed by atoms with van der Waals surface area (Å²) in [4.78, 5) is 15.4. The van der Waals surface area contributed by atoms with E-state index in [2.05, 4.69) is 35.2 Å². The Morgan fingerprint density at radius 3 is 2.48 bits per heavy atom. The third kappa shape index (κ3) is 3.62. The molecule has 0 radical (unpaired) electrons. The largest absolute Gasteiger partial charge is 0.381 e. The zero-order valence-corrected chi connectivity index (χ0v) is 14.6. The summed E-state index contributed by atoms with van der Waals surface area (Å²) in [6.07, 6.45) is 2.99. The topological polar surface area (TPSA) is 29.5 Å². The van der Waals surface area contributed by atoms with Crippen LogP contribution < -0.4 is 0 Å². The Kier molecular flexibility index (Phi) is 4.84. The molecule has 2 aliphatic rings. The summed E-state index contributed by atoms with van der Waals surface area (Å²) in [7, 11) is 0. The molecule has 25 heavy (non-hydrogen) atoms. The highest BCUT2D eigenvalue weighted by Gasteiger charge is 2.35. The van der Waals surface area contributed by atoms with Gasteiger partial charge < -0.3 is 9.64 Å². The van der Waals surface area contributed by atoms with Gasteiger partial charge in [0, 0.05) is 26.3 Å². The fourth-order valence-electron chi connectivity index (χ4n) is 3.98. The first kappa shape index (κ1) is 16.3. The molecule has 1 heterocycles. The van der Waals surface area contributed by atoms with E-state index in [1.807, 2.05) is 24.3 Å². The van der Waals surface area contributed by atoms with Gasteiger partial charge in [0.1, 0.15) is 0 Å². The first-order valence-corrected chi connectivity index (χ1v) is 9.29. The Bertz CT molecular complexity index is 722. The lowest BCUT2D eigenvalue weighted by molar-refractivity contribution is -0.135. The molecule has 4 rings (SSSR count). The molecule has 2 aromatic carbocycles. The van der Waals surface area contributed by atoms with E-state index >= 15 is 0 Å². The lowest BCUT2D eigenvalue weighted by Gasteiger charge is -2.36. The summed E-state index contributed by atoms with van der Waals surface area (Å²) in [5.74, 6) is 0.880. The molecule has 130 valence electrons. The quantitative estimate of drug-likeness (QED) is 0.832. The van der Waals surface area contributed by atoms with Gasteiger partial charge in [0.05, 0.1) is 5.92 Å². The highest BCUT2D eigenvalue weighted by atomic mass is 16.5. The molecule has 1 saturated heterocycles. The molecule has 1 amide bonds. The monoisotopic (exact) mass is 335 g/mol. The van der Waals surface area contributed by atoms with Gasteiger partial charge in [-0.1, -0.05) is 54.6 Å². The number of hydrogen-bond acceptors (Lipinski definition) is 2. The van der Waals surface area contributed by atoms with Crippen molar-refractivity contribution in [2.45, 2.75) is 31.7 Å². The molecule has 3 heteroatoms. The summed E-state index contributed by atoms with van der Waals surface area (Å²) >= 11 is 0. The zero-order chi connectivity index (χ0) is 17.1. The standard InChI is InChI=1S/C22H25NO2/c24-22(21-14-19-8-4-5-9-20(19)21)23(15-17-6-2-1-3-7-17)16-18-10-12-25-13-11-18/h1-9,18,21H,10-16H2/t21-/m0/s1. The minimum atomic E-state index is 0.0414. The molecular weight excluding hydrogens is 310 g/mol. The molecule has 1 atom stereocenters. The molecule has 1 aliphatic carbocycles. The van der Waals surface area contributed by atoms with Crippen LogP contribution in [-0.4, -0.2) is 30.6 Å². The summed E-state index contributed by atoms with van der Waals surface area (Å²) in [6, 6.07) is 18.7. The van der Waals surface area contributed by atoms with Crippen molar-refractivity contribution in [3.8, 4) is 0 Å². The van der Waals surface area contributed by atoms with Gasteiger partial charge in [-0.2, -0.15) is 0 Å². The van der Waals surface area contributed by atoms with Crippen LogP contribution in [-0.2, 0) is 22.5 Å². The fourth-order valence-corrected chi connectivity index (χ4v) is 3.98. The summed E-state index contributed by atoms with van der Waals surface area (Å²) < 4.78 is 5.48. The van der Waals surface area contributed by atoms with Crippen molar-refractivity contribution in [1.29, 1.82) is 0 Å². The van der Waals surface area contributed by atoms with Crippen molar-refractivity contribution in [2.24, 2.45) is 5.92 Å². The first-order chi connectivity index (χ1) is 12.3. The maximum absolute atomic E-state index is 13.3. The number of amides is 1. The summed E-state index contributed by atoms with van der Waals surface area (Å²) in [5.41, 5.74) is 3.75. The van der Waals surface area contributed by atoms with Crippen molar-refractivity contribution in [3.63, 3.8) is 0 Å². The van der Waals surface area contributed by atoms with Crippen LogP contribution in [0.1, 0.15) is 35.4 Å². The third-order valence-electron chi connectivity index (χ3n) is 5.50. The van der Waals surface area contributed by atoms with Crippen molar-refractivity contribution in [1.82, 2.24) is 4.90 Å². The van der Waals surface area contributed by atoms with Crippen LogP contribution in [0.4, 0.5) is 0 Å². The number of carbonyl (C=O) groups is 1. The van der Waals surface area contributed by atoms with Crippen molar-refractivity contribution >= 4 is 5.91 Å². The van der Waals surface area contributed by atoms with Crippen LogP contribution in [0.2, 0.25) is 0 Å². The lowest BCUT2D eigenvalue weighted by atomic mass is 9.76. The van der Waals surface area contributed by atoms with Gasteiger partial charge >= 0.3 is 0 Å². The molecule has 0 spiro atoms. The van der Waals surface area contributed by atoms with Gasteiger partial charge in [-0.15, -0.1) is 0 Å². The number of nitrogens with zero attached hydrogens (tertiary/aromatic N) is 1. The predicted molar refractivity (Wildman–Crippen MR) is 98.3 cm³/mol. The van der Waals surface area contributed by atoms with E-state index in [9.17, 15) is 4.79 Å². The Hall–Kier alpha value is -2.13. The van der Waals surface area contributed by atoms with Gasteiger partial charge in [-0.05, 0) is 41.9 Å². The lowest BCUT2D eigenvalue weighted by Crippen LogP contribution is -2.42. The fraction of sp³-hybridized carbons (Fsp3) is 0.409. The minimum Gasteiger partial charge on any atom is -0.381 e. The van der Waals surface area contributed by atoms with Crippen LogP contribution in [0.25, 0.3) is 0 Å². The van der Waals surface area contributed by atoms with E-state index < -0.39 is 0 Å². The first-order valence-electron chi connectivity index (χ1n) is 9.29. The number of fused-ring (bicyclic) bond motifs is 1. The second kappa shape index (κ2) is 7.40. The molecule has 0 bridgehead atoms. The van der Waals surface area contributed by atoms with Crippen molar-refractivity contribution < 1.29 is 9.53 Å². The zero-order valence-electron chi connectivity index (χ0n) is 14.6. The average Bonchev–Trinajstić information content (AvgIpc) is 2.64. The summed E-state index contributed by atoms with van der Waals surface area (Å²) in [6.45, 7) is 3.19. The molecule has 0 N–H and O–H groups in total. The third-order valence-corrected chi connectivity index (χ3v) is 5.50. The number of rotatable bonds is 5. The molecule has 0 unspecified atom stereocenters. The number of benzene rings is 2. The van der Waals surface area contributed by atoms with E-state index in [4.69, 9.17) is 4.74 Å². The van der Waals surface area contributed by atoms with Crippen molar-refractivity contribution in [2.75, 3.05) is 19.8 Å². The molecule has 0 saturated carbocycles. The average molecular weight is 335 g/mol.